The van der Waals surface area contributed by atoms with Crippen molar-refractivity contribution in [1.82, 2.24) is 4.90 Å². The van der Waals surface area contributed by atoms with Gasteiger partial charge in [-0.3, -0.25) is 9.59 Å². The first kappa shape index (κ1) is 22.0. The molecule has 0 fully saturated rings. The first-order valence-corrected chi connectivity index (χ1v) is 11.3. The predicted octanol–water partition coefficient (Wildman–Crippen LogP) is 4.08. The lowest BCUT2D eigenvalue weighted by Gasteiger charge is -2.29. The first-order valence-electron chi connectivity index (χ1n) is 10.4. The van der Waals surface area contributed by atoms with Gasteiger partial charge < -0.3 is 19.1 Å². The Hall–Kier alpha value is -3.19. The number of methoxy groups -OCH3 is 2. The summed E-state index contributed by atoms with van der Waals surface area (Å²) in [5.41, 5.74) is 2.15. The van der Waals surface area contributed by atoms with Crippen molar-refractivity contribution in [1.29, 1.82) is 0 Å². The zero-order chi connectivity index (χ0) is 22.5. The Labute approximate surface area is 191 Å². The van der Waals surface area contributed by atoms with Crippen molar-refractivity contribution in [3.8, 4) is 11.5 Å². The molecule has 7 heteroatoms. The number of hydrogen-bond acceptors (Lipinski definition) is 6. The Balaban J connectivity index is 1.28. The molecule has 6 nitrogen and oxygen atoms in total. The van der Waals surface area contributed by atoms with Crippen LogP contribution in [0.4, 0.5) is 0 Å². The van der Waals surface area contributed by atoms with Gasteiger partial charge >= 0.3 is 5.97 Å². The number of amides is 1. The molecule has 0 atom stereocenters. The number of rotatable bonds is 7. The van der Waals surface area contributed by atoms with Crippen LogP contribution in [0.2, 0.25) is 0 Å². The highest BCUT2D eigenvalue weighted by Crippen LogP contribution is 2.33. The van der Waals surface area contributed by atoms with E-state index in [9.17, 15) is 9.59 Å². The largest absolute Gasteiger partial charge is 0.493 e. The quantitative estimate of drug-likeness (QED) is 0.398. The number of carbonyl (C=O) groups is 2. The second-order valence-corrected chi connectivity index (χ2v) is 8.55. The summed E-state index contributed by atoms with van der Waals surface area (Å²) in [6.45, 7) is 0.780. The molecule has 3 aromatic rings. The maximum atomic E-state index is 12.6. The molecule has 0 saturated carbocycles. The number of benzene rings is 3. The van der Waals surface area contributed by atoms with Crippen LogP contribution in [0, 0.1) is 0 Å². The van der Waals surface area contributed by atoms with Gasteiger partial charge in [0.15, 0.2) is 18.1 Å². The Morgan fingerprint density at radius 1 is 0.938 bits per heavy atom. The van der Waals surface area contributed by atoms with Crippen LogP contribution in [-0.2, 0) is 27.3 Å². The summed E-state index contributed by atoms with van der Waals surface area (Å²) in [5, 5.41) is 2.28. The summed E-state index contributed by atoms with van der Waals surface area (Å²) in [6.07, 6.45) is 0.715. The van der Waals surface area contributed by atoms with Gasteiger partial charge in [-0.05, 0) is 52.6 Å². The predicted molar refractivity (Wildman–Crippen MR) is 124 cm³/mol. The van der Waals surface area contributed by atoms with Crippen LogP contribution in [0.3, 0.4) is 0 Å². The fourth-order valence-electron chi connectivity index (χ4n) is 3.77. The van der Waals surface area contributed by atoms with E-state index in [0.717, 1.165) is 26.8 Å². The van der Waals surface area contributed by atoms with Gasteiger partial charge in [-0.2, -0.15) is 0 Å². The summed E-state index contributed by atoms with van der Waals surface area (Å²) < 4.78 is 16.0. The summed E-state index contributed by atoms with van der Waals surface area (Å²) in [6, 6.07) is 18.0. The minimum atomic E-state index is -0.402. The fraction of sp³-hybridized carbons (Fsp3) is 0.280. The molecule has 1 aliphatic heterocycles. The van der Waals surface area contributed by atoms with E-state index in [0.29, 0.717) is 31.0 Å². The fourth-order valence-corrected chi connectivity index (χ4v) is 4.51. The lowest BCUT2D eigenvalue weighted by Crippen LogP contribution is -2.38. The molecule has 0 aliphatic carbocycles. The van der Waals surface area contributed by atoms with Crippen LogP contribution in [-0.4, -0.2) is 49.9 Å². The zero-order valence-electron chi connectivity index (χ0n) is 18.1. The smallest absolute Gasteiger partial charge is 0.316 e. The number of esters is 1. The molecular formula is C25H25NO5S. The second-order valence-electron chi connectivity index (χ2n) is 7.50. The SMILES string of the molecule is COc1cc2c(cc1OC)CN(C(=O)COC(=O)CSc1ccc3ccccc3c1)CC2. The van der Waals surface area contributed by atoms with Crippen molar-refractivity contribution in [2.45, 2.75) is 17.9 Å². The van der Waals surface area contributed by atoms with E-state index in [-0.39, 0.29) is 18.3 Å². The van der Waals surface area contributed by atoms with E-state index in [1.165, 1.54) is 11.8 Å². The Bertz CT molecular complexity index is 1150. The molecule has 0 bridgehead atoms. The van der Waals surface area contributed by atoms with Crippen molar-refractivity contribution in [2.75, 3.05) is 33.1 Å². The minimum Gasteiger partial charge on any atom is -0.493 e. The van der Waals surface area contributed by atoms with Crippen molar-refractivity contribution < 1.29 is 23.8 Å². The van der Waals surface area contributed by atoms with E-state index in [1.807, 2.05) is 48.5 Å². The molecule has 0 spiro atoms. The lowest BCUT2D eigenvalue weighted by atomic mass is 9.99. The van der Waals surface area contributed by atoms with Crippen molar-refractivity contribution in [3.63, 3.8) is 0 Å². The van der Waals surface area contributed by atoms with Gasteiger partial charge in [-0.1, -0.05) is 30.3 Å². The highest BCUT2D eigenvalue weighted by atomic mass is 32.2. The van der Waals surface area contributed by atoms with Crippen LogP contribution < -0.4 is 9.47 Å². The van der Waals surface area contributed by atoms with Gasteiger partial charge in [0, 0.05) is 18.0 Å². The molecule has 0 saturated heterocycles. The average molecular weight is 452 g/mol. The van der Waals surface area contributed by atoms with E-state index < -0.39 is 5.97 Å². The van der Waals surface area contributed by atoms with Gasteiger partial charge in [-0.25, -0.2) is 0 Å². The van der Waals surface area contributed by atoms with E-state index >= 15 is 0 Å². The molecular weight excluding hydrogens is 426 g/mol. The van der Waals surface area contributed by atoms with Crippen molar-refractivity contribution in [2.24, 2.45) is 0 Å². The number of nitrogens with zero attached hydrogens (tertiary/aromatic N) is 1. The minimum absolute atomic E-state index is 0.158. The molecule has 0 radical (unpaired) electrons. The molecule has 1 amide bonds. The van der Waals surface area contributed by atoms with Gasteiger partial charge in [0.05, 0.1) is 20.0 Å². The van der Waals surface area contributed by atoms with E-state index in [2.05, 4.69) is 6.07 Å². The molecule has 1 aliphatic rings. The number of ether oxygens (including phenoxy) is 3. The average Bonchev–Trinajstić information content (AvgIpc) is 2.84. The highest BCUT2D eigenvalue weighted by molar-refractivity contribution is 8.00. The first-order chi connectivity index (χ1) is 15.6. The van der Waals surface area contributed by atoms with Crippen LogP contribution in [0.15, 0.2) is 59.5 Å². The summed E-state index contributed by atoms with van der Waals surface area (Å²) in [7, 11) is 3.20. The summed E-state index contributed by atoms with van der Waals surface area (Å²) >= 11 is 1.40. The van der Waals surface area contributed by atoms with Gasteiger partial charge in [0.25, 0.3) is 5.91 Å². The summed E-state index contributed by atoms with van der Waals surface area (Å²) in [5.74, 6) is 0.877. The maximum Gasteiger partial charge on any atom is 0.316 e. The third-order valence-corrected chi connectivity index (χ3v) is 6.47. The molecule has 0 unspecified atom stereocenters. The van der Waals surface area contributed by atoms with Gasteiger partial charge in [0.2, 0.25) is 0 Å². The normalized spacial score (nSPS) is 12.9. The molecule has 3 aromatic carbocycles. The maximum absolute atomic E-state index is 12.6. The molecule has 32 heavy (non-hydrogen) atoms. The third-order valence-electron chi connectivity index (χ3n) is 5.51. The monoisotopic (exact) mass is 451 g/mol. The molecule has 0 aromatic heterocycles. The highest BCUT2D eigenvalue weighted by Gasteiger charge is 2.23. The third kappa shape index (κ3) is 4.99. The molecule has 0 N–H and O–H groups in total. The van der Waals surface area contributed by atoms with E-state index in [1.54, 1.807) is 19.1 Å². The Morgan fingerprint density at radius 2 is 1.66 bits per heavy atom. The van der Waals surface area contributed by atoms with Crippen molar-refractivity contribution in [3.05, 3.63) is 65.7 Å². The van der Waals surface area contributed by atoms with Crippen LogP contribution >= 0.6 is 11.8 Å². The lowest BCUT2D eigenvalue weighted by molar-refractivity contribution is -0.150. The van der Waals surface area contributed by atoms with Crippen LogP contribution in [0.25, 0.3) is 10.8 Å². The molecule has 4 rings (SSSR count). The summed E-state index contributed by atoms with van der Waals surface area (Å²) in [4.78, 5) is 27.5. The van der Waals surface area contributed by atoms with Gasteiger partial charge in [-0.15, -0.1) is 11.8 Å². The Kier molecular flexibility index (Phi) is 6.85. The Morgan fingerprint density at radius 3 is 2.41 bits per heavy atom. The van der Waals surface area contributed by atoms with Crippen molar-refractivity contribution >= 4 is 34.4 Å². The number of carbonyl (C=O) groups excluding carboxylic acids is 2. The van der Waals surface area contributed by atoms with E-state index in [4.69, 9.17) is 14.2 Å². The molecule has 166 valence electrons. The number of hydrogen-bond donors (Lipinski definition) is 0. The standard InChI is InChI=1S/C25H25NO5S/c1-29-22-12-19-9-10-26(14-20(19)13-23(22)30-2)24(27)15-31-25(28)16-32-21-8-7-17-5-3-4-6-18(17)11-21/h3-8,11-13H,9-10,14-16H2,1-2H3. The molecule has 1 heterocycles. The van der Waals surface area contributed by atoms with Gasteiger partial charge in [0.1, 0.15) is 0 Å². The second kappa shape index (κ2) is 9.96. The zero-order valence-corrected chi connectivity index (χ0v) is 18.9. The van der Waals surface area contributed by atoms with Crippen LogP contribution in [0.1, 0.15) is 11.1 Å². The topological polar surface area (TPSA) is 65.1 Å². The number of thioether (sulfide) groups is 1. The number of fused-ring (bicyclic) bond motifs is 2. The van der Waals surface area contributed by atoms with Crippen LogP contribution in [0.5, 0.6) is 11.5 Å².